The van der Waals surface area contributed by atoms with Crippen molar-refractivity contribution in [3.05, 3.63) is 120 Å². The normalized spacial score (nSPS) is 12.1. The lowest BCUT2D eigenvalue weighted by molar-refractivity contribution is -0.119. The Hall–Kier alpha value is -4.43. The zero-order valence-electron chi connectivity index (χ0n) is 20.3. The van der Waals surface area contributed by atoms with Crippen LogP contribution in [-0.4, -0.2) is 30.4 Å². The maximum Gasteiger partial charge on any atom is 0.262 e. The third kappa shape index (κ3) is 6.10. The number of hydrogen-bond acceptors (Lipinski definition) is 5. The second-order valence-corrected chi connectivity index (χ2v) is 9.66. The van der Waals surface area contributed by atoms with Gasteiger partial charge in [-0.2, -0.15) is 5.10 Å². The van der Waals surface area contributed by atoms with Crippen molar-refractivity contribution in [3.63, 3.8) is 0 Å². The Kier molecular flexibility index (Phi) is 7.80. The number of carbonyl (C=O) groups excluding carboxylic acids is 2. The Morgan fingerprint density at radius 1 is 0.842 bits per heavy atom. The molecule has 4 aromatic carbocycles. The molecule has 0 atom stereocenters. The predicted octanol–water partition coefficient (Wildman–Crippen LogP) is 5.80. The van der Waals surface area contributed by atoms with E-state index in [2.05, 4.69) is 40.1 Å². The van der Waals surface area contributed by atoms with E-state index < -0.39 is 0 Å². The number of thioether (sulfide) groups is 1. The molecule has 2 N–H and O–H groups in total. The number of fused-ring (bicyclic) bond motifs is 3. The van der Waals surface area contributed by atoms with E-state index >= 15 is 0 Å². The molecule has 0 radical (unpaired) electrons. The fourth-order valence-electron chi connectivity index (χ4n) is 4.19. The monoisotopic (exact) mass is 525 g/mol. The zero-order valence-corrected chi connectivity index (χ0v) is 21.1. The lowest BCUT2D eigenvalue weighted by atomic mass is 10.1. The number of hydrazone groups is 1. The molecule has 0 fully saturated rings. The highest BCUT2D eigenvalue weighted by atomic mass is 32.2. The molecule has 0 heterocycles. The third-order valence-electron chi connectivity index (χ3n) is 5.94. The van der Waals surface area contributed by atoms with Gasteiger partial charge in [-0.15, -0.1) is 11.8 Å². The van der Waals surface area contributed by atoms with Gasteiger partial charge in [0.05, 0.1) is 17.2 Å². The molecule has 1 aliphatic carbocycles. The van der Waals surface area contributed by atoms with E-state index in [4.69, 9.17) is 4.74 Å². The molecule has 38 heavy (non-hydrogen) atoms. The van der Waals surface area contributed by atoms with Crippen molar-refractivity contribution in [1.29, 1.82) is 0 Å². The smallest absolute Gasteiger partial charge is 0.262 e. The summed E-state index contributed by atoms with van der Waals surface area (Å²) in [6.07, 6.45) is 1.55. The van der Waals surface area contributed by atoms with Crippen LogP contribution < -0.4 is 15.5 Å². The van der Waals surface area contributed by atoms with E-state index in [1.165, 1.54) is 46.5 Å². The molecule has 0 saturated heterocycles. The maximum atomic E-state index is 13.0. The summed E-state index contributed by atoms with van der Waals surface area (Å²) in [4.78, 5) is 24.5. The number of benzene rings is 4. The lowest BCUT2D eigenvalue weighted by Crippen LogP contribution is -2.20. The van der Waals surface area contributed by atoms with Crippen LogP contribution in [0.3, 0.4) is 0 Å². The molecule has 0 bridgehead atoms. The molecule has 190 valence electrons. The molecule has 0 unspecified atom stereocenters. The minimum Gasteiger partial charge on any atom is -0.484 e. The summed E-state index contributed by atoms with van der Waals surface area (Å²) < 4.78 is 18.4. The van der Waals surface area contributed by atoms with Crippen LogP contribution in [0.4, 0.5) is 10.1 Å². The number of halogens is 1. The Labute approximate surface area is 223 Å². The Morgan fingerprint density at radius 3 is 2.13 bits per heavy atom. The van der Waals surface area contributed by atoms with Crippen LogP contribution in [0.2, 0.25) is 0 Å². The fraction of sp³-hybridized carbons (Fsp3) is 0.100. The summed E-state index contributed by atoms with van der Waals surface area (Å²) in [5, 5.41) is 6.81. The van der Waals surface area contributed by atoms with Crippen molar-refractivity contribution in [1.82, 2.24) is 5.43 Å². The zero-order chi connectivity index (χ0) is 26.3. The van der Waals surface area contributed by atoms with Gasteiger partial charge < -0.3 is 10.1 Å². The van der Waals surface area contributed by atoms with E-state index in [0.717, 1.165) is 5.56 Å². The quantitative estimate of drug-likeness (QED) is 0.214. The van der Waals surface area contributed by atoms with Gasteiger partial charge in [-0.05, 0) is 76.3 Å². The highest BCUT2D eigenvalue weighted by Gasteiger charge is 2.28. The molecular weight excluding hydrogens is 501 g/mol. The van der Waals surface area contributed by atoms with Crippen molar-refractivity contribution < 1.29 is 18.7 Å². The first kappa shape index (κ1) is 25.2. The molecule has 6 nitrogen and oxygen atoms in total. The highest BCUT2D eigenvalue weighted by molar-refractivity contribution is 8.00. The van der Waals surface area contributed by atoms with E-state index in [9.17, 15) is 14.0 Å². The summed E-state index contributed by atoms with van der Waals surface area (Å²) >= 11 is 1.58. The average Bonchev–Trinajstić information content (AvgIpc) is 3.26. The summed E-state index contributed by atoms with van der Waals surface area (Å²) in [7, 11) is 0. The summed E-state index contributed by atoms with van der Waals surface area (Å²) in [5.74, 6) is -0.124. The molecule has 0 saturated carbocycles. The number of amides is 2. The number of ether oxygens (including phenoxy) is 1. The van der Waals surface area contributed by atoms with Gasteiger partial charge in [-0.25, -0.2) is 9.82 Å². The molecule has 1 aliphatic rings. The lowest BCUT2D eigenvalue weighted by Gasteiger charge is -2.12. The van der Waals surface area contributed by atoms with Crippen molar-refractivity contribution in [2.45, 2.75) is 5.25 Å². The minimum atomic E-state index is -0.372. The number of nitrogens with one attached hydrogen (secondary N) is 2. The fourth-order valence-corrected chi connectivity index (χ4v) is 5.34. The van der Waals surface area contributed by atoms with Crippen LogP contribution in [0.1, 0.15) is 21.9 Å². The summed E-state index contributed by atoms with van der Waals surface area (Å²) in [5.41, 5.74) is 8.74. The van der Waals surface area contributed by atoms with Gasteiger partial charge in [-0.3, -0.25) is 9.59 Å². The first-order valence-corrected chi connectivity index (χ1v) is 13.0. The summed E-state index contributed by atoms with van der Waals surface area (Å²) in [6, 6.07) is 29.1. The van der Waals surface area contributed by atoms with E-state index in [1.54, 1.807) is 42.2 Å². The molecule has 2 amide bonds. The van der Waals surface area contributed by atoms with Crippen molar-refractivity contribution in [2.75, 3.05) is 17.7 Å². The van der Waals surface area contributed by atoms with E-state index in [1.807, 2.05) is 24.3 Å². The van der Waals surface area contributed by atoms with Gasteiger partial charge in [0.15, 0.2) is 6.61 Å². The van der Waals surface area contributed by atoms with Crippen molar-refractivity contribution >= 4 is 35.5 Å². The Balaban J connectivity index is 1.07. The largest absolute Gasteiger partial charge is 0.484 e. The Morgan fingerprint density at radius 2 is 1.47 bits per heavy atom. The van der Waals surface area contributed by atoms with Gasteiger partial charge in [0.1, 0.15) is 11.6 Å². The summed E-state index contributed by atoms with van der Waals surface area (Å²) in [6.45, 7) is -0.186. The molecule has 0 aromatic heterocycles. The van der Waals surface area contributed by atoms with Crippen LogP contribution in [-0.2, 0) is 9.59 Å². The predicted molar refractivity (Wildman–Crippen MR) is 149 cm³/mol. The SMILES string of the molecule is O=C(CSC1c2ccccc2-c2ccccc21)N/N=C\c1ccc(OCC(=O)Nc2ccc(F)cc2)cc1. The first-order valence-electron chi connectivity index (χ1n) is 12.0. The molecule has 8 heteroatoms. The highest BCUT2D eigenvalue weighted by Crippen LogP contribution is 2.49. The maximum absolute atomic E-state index is 13.0. The number of hydrogen-bond donors (Lipinski definition) is 2. The van der Waals surface area contributed by atoms with Gasteiger partial charge >= 0.3 is 0 Å². The number of carbonyl (C=O) groups is 2. The standard InChI is InChI=1S/C30H24FN3O3S/c31-21-11-13-22(14-12-21)33-28(35)18-37-23-15-9-20(10-16-23)17-32-34-29(36)19-38-30-26-7-3-1-5-24(26)25-6-2-4-8-27(25)30/h1-17,30H,18-19H2,(H,33,35)(H,34,36)/b32-17-. The molecule has 4 aromatic rings. The first-order chi connectivity index (χ1) is 18.6. The third-order valence-corrected chi connectivity index (χ3v) is 7.21. The van der Waals surface area contributed by atoms with Crippen molar-refractivity contribution in [2.24, 2.45) is 5.10 Å². The van der Waals surface area contributed by atoms with Gasteiger partial charge in [0, 0.05) is 5.69 Å². The van der Waals surface area contributed by atoms with Crippen molar-refractivity contribution in [3.8, 4) is 16.9 Å². The minimum absolute atomic E-state index is 0.113. The average molecular weight is 526 g/mol. The van der Waals surface area contributed by atoms with E-state index in [-0.39, 0.29) is 35.2 Å². The number of nitrogens with zero attached hydrogens (tertiary/aromatic N) is 1. The second kappa shape index (κ2) is 11.7. The number of anilines is 1. The van der Waals surface area contributed by atoms with E-state index in [0.29, 0.717) is 11.4 Å². The molecular formula is C30H24FN3O3S. The topological polar surface area (TPSA) is 79.8 Å². The van der Waals surface area contributed by atoms with Crippen LogP contribution in [0.25, 0.3) is 11.1 Å². The van der Waals surface area contributed by atoms with Gasteiger partial charge in [0.2, 0.25) is 5.91 Å². The molecule has 5 rings (SSSR count). The van der Waals surface area contributed by atoms with Crippen LogP contribution in [0, 0.1) is 5.82 Å². The van der Waals surface area contributed by atoms with Gasteiger partial charge in [0.25, 0.3) is 5.91 Å². The van der Waals surface area contributed by atoms with Gasteiger partial charge in [-0.1, -0.05) is 48.5 Å². The number of rotatable bonds is 9. The van der Waals surface area contributed by atoms with Crippen LogP contribution in [0.5, 0.6) is 5.75 Å². The second-order valence-electron chi connectivity index (χ2n) is 8.57. The van der Waals surface area contributed by atoms with Crippen LogP contribution >= 0.6 is 11.8 Å². The molecule has 0 aliphatic heterocycles. The molecule has 0 spiro atoms. The van der Waals surface area contributed by atoms with Crippen LogP contribution in [0.15, 0.2) is 102 Å². The Bertz CT molecular complexity index is 1430.